The molecule has 28 heavy (non-hydrogen) atoms. The van der Waals surface area contributed by atoms with Crippen molar-refractivity contribution in [1.29, 1.82) is 0 Å². The lowest BCUT2D eigenvalue weighted by Gasteiger charge is -2.20. The SMILES string of the molecule is O=C(O)[C@H](Cc1ccc(O)c(O)c1)NN[C@@H](Cc1ccc(O)c(O)c1)C(=O)O. The fraction of sp³-hybridized carbons (Fsp3) is 0.222. The average molecular weight is 392 g/mol. The molecule has 150 valence electrons. The van der Waals surface area contributed by atoms with E-state index in [-0.39, 0.29) is 24.3 Å². The molecule has 10 nitrogen and oxygen atoms in total. The smallest absolute Gasteiger partial charge is 0.322 e. The van der Waals surface area contributed by atoms with Crippen LogP contribution in [-0.2, 0) is 22.4 Å². The molecule has 2 aromatic rings. The second kappa shape index (κ2) is 8.93. The van der Waals surface area contributed by atoms with Crippen molar-refractivity contribution < 1.29 is 40.2 Å². The summed E-state index contributed by atoms with van der Waals surface area (Å²) in [4.78, 5) is 22.9. The molecular formula is C18H20N2O8. The highest BCUT2D eigenvalue weighted by molar-refractivity contribution is 5.75. The van der Waals surface area contributed by atoms with E-state index >= 15 is 0 Å². The number of phenols is 4. The molecule has 0 unspecified atom stereocenters. The molecule has 0 aliphatic heterocycles. The van der Waals surface area contributed by atoms with Gasteiger partial charge in [-0.2, -0.15) is 0 Å². The standard InChI is InChI=1S/C18H20N2O8/c21-13-3-1-9(7-15(13)23)5-11(17(25)26)19-20-12(18(27)28)6-10-2-4-14(22)16(24)8-10/h1-4,7-8,11-12,19-24H,5-6H2,(H,25,26)(H,27,28)/t11-,12-/m0/s1. The van der Waals surface area contributed by atoms with Gasteiger partial charge in [0.25, 0.3) is 0 Å². The average Bonchev–Trinajstić information content (AvgIpc) is 2.62. The number of aliphatic carboxylic acids is 2. The third kappa shape index (κ3) is 5.50. The molecule has 0 amide bonds. The molecule has 0 radical (unpaired) electrons. The van der Waals surface area contributed by atoms with Crippen LogP contribution in [0.1, 0.15) is 11.1 Å². The highest BCUT2D eigenvalue weighted by Gasteiger charge is 2.23. The van der Waals surface area contributed by atoms with Crippen molar-refractivity contribution in [2.45, 2.75) is 24.9 Å². The molecule has 0 spiro atoms. The number of hydrogen-bond donors (Lipinski definition) is 8. The second-order valence-corrected chi connectivity index (χ2v) is 6.12. The Morgan fingerprint density at radius 3 is 1.32 bits per heavy atom. The van der Waals surface area contributed by atoms with Gasteiger partial charge in [0.15, 0.2) is 23.0 Å². The zero-order valence-electron chi connectivity index (χ0n) is 14.5. The van der Waals surface area contributed by atoms with Crippen molar-refractivity contribution >= 4 is 11.9 Å². The summed E-state index contributed by atoms with van der Waals surface area (Å²) in [7, 11) is 0. The molecule has 0 saturated carbocycles. The quantitative estimate of drug-likeness (QED) is 0.218. The number of hydrogen-bond acceptors (Lipinski definition) is 8. The van der Waals surface area contributed by atoms with Crippen LogP contribution in [0, 0.1) is 0 Å². The monoisotopic (exact) mass is 392 g/mol. The highest BCUT2D eigenvalue weighted by Crippen LogP contribution is 2.26. The minimum absolute atomic E-state index is 0.0947. The molecule has 2 rings (SSSR count). The number of nitrogens with one attached hydrogen (secondary N) is 2. The molecule has 0 bridgehead atoms. The summed E-state index contributed by atoms with van der Waals surface area (Å²) < 4.78 is 0. The van der Waals surface area contributed by atoms with E-state index in [0.29, 0.717) is 11.1 Å². The van der Waals surface area contributed by atoms with Crippen molar-refractivity contribution in [2.24, 2.45) is 0 Å². The van der Waals surface area contributed by atoms with Gasteiger partial charge in [-0.15, -0.1) is 0 Å². The number of carbonyl (C=O) groups is 2. The molecule has 10 heteroatoms. The summed E-state index contributed by atoms with van der Waals surface area (Å²) in [6.45, 7) is 0. The van der Waals surface area contributed by atoms with E-state index in [0.717, 1.165) is 0 Å². The van der Waals surface area contributed by atoms with Crippen LogP contribution in [0.5, 0.6) is 23.0 Å². The van der Waals surface area contributed by atoms with Gasteiger partial charge in [0.05, 0.1) is 0 Å². The first-order chi connectivity index (χ1) is 13.2. The maximum atomic E-state index is 11.5. The molecule has 8 N–H and O–H groups in total. The summed E-state index contributed by atoms with van der Waals surface area (Å²) in [5, 5.41) is 56.3. The Kier molecular flexibility index (Phi) is 6.64. The van der Waals surface area contributed by atoms with Crippen LogP contribution in [0.2, 0.25) is 0 Å². The minimum Gasteiger partial charge on any atom is -0.504 e. The number of hydrazine groups is 1. The third-order valence-corrected chi connectivity index (χ3v) is 3.99. The number of phenolic OH excluding ortho intramolecular Hbond substituents is 4. The van der Waals surface area contributed by atoms with Crippen LogP contribution in [0.25, 0.3) is 0 Å². The largest absolute Gasteiger partial charge is 0.504 e. The first kappa shape index (κ1) is 20.8. The summed E-state index contributed by atoms with van der Waals surface area (Å²) in [6, 6.07) is 5.27. The van der Waals surface area contributed by atoms with Crippen LogP contribution in [0.3, 0.4) is 0 Å². The van der Waals surface area contributed by atoms with Crippen LogP contribution >= 0.6 is 0 Å². The predicted molar refractivity (Wildman–Crippen MR) is 96.1 cm³/mol. The van der Waals surface area contributed by atoms with Crippen molar-refractivity contribution in [3.05, 3.63) is 47.5 Å². The molecule has 0 aromatic heterocycles. The van der Waals surface area contributed by atoms with Gasteiger partial charge in [-0.3, -0.25) is 9.59 Å². The highest BCUT2D eigenvalue weighted by atomic mass is 16.4. The summed E-state index contributed by atoms with van der Waals surface area (Å²) in [5.41, 5.74) is 5.71. The number of carboxylic acids is 2. The Hall–Kier alpha value is -3.50. The van der Waals surface area contributed by atoms with E-state index in [9.17, 15) is 40.2 Å². The fourth-order valence-electron chi connectivity index (χ4n) is 2.46. The maximum absolute atomic E-state index is 11.5. The minimum atomic E-state index is -1.26. The molecule has 0 heterocycles. The van der Waals surface area contributed by atoms with Gasteiger partial charge < -0.3 is 30.6 Å². The Bertz CT molecular complexity index is 799. The van der Waals surface area contributed by atoms with Crippen molar-refractivity contribution in [1.82, 2.24) is 10.9 Å². The topological polar surface area (TPSA) is 180 Å². The third-order valence-electron chi connectivity index (χ3n) is 3.99. The normalized spacial score (nSPS) is 13.0. The lowest BCUT2D eigenvalue weighted by Crippen LogP contribution is -2.53. The molecule has 2 atom stereocenters. The Morgan fingerprint density at radius 2 is 1.04 bits per heavy atom. The van der Waals surface area contributed by atoms with E-state index < -0.39 is 35.5 Å². The lowest BCUT2D eigenvalue weighted by molar-refractivity contribution is -0.143. The van der Waals surface area contributed by atoms with Crippen molar-refractivity contribution in [2.75, 3.05) is 0 Å². The van der Waals surface area contributed by atoms with Gasteiger partial charge >= 0.3 is 11.9 Å². The van der Waals surface area contributed by atoms with E-state index in [1.807, 2.05) is 0 Å². The lowest BCUT2D eigenvalue weighted by atomic mass is 10.0. The number of aromatic hydroxyl groups is 4. The molecule has 0 fully saturated rings. The van der Waals surface area contributed by atoms with Gasteiger partial charge in [0.2, 0.25) is 0 Å². The predicted octanol–water partition coefficient (Wildman–Crippen LogP) is 0.295. The summed E-state index contributed by atoms with van der Waals surface area (Å²) >= 11 is 0. The van der Waals surface area contributed by atoms with E-state index in [1.165, 1.54) is 36.4 Å². The first-order valence-corrected chi connectivity index (χ1v) is 8.15. The Morgan fingerprint density at radius 1 is 0.679 bits per heavy atom. The van der Waals surface area contributed by atoms with Gasteiger partial charge in [-0.25, -0.2) is 10.9 Å². The van der Waals surface area contributed by atoms with Crippen LogP contribution in [0.4, 0.5) is 0 Å². The maximum Gasteiger partial charge on any atom is 0.322 e. The number of carboxylic acid groups (broad SMARTS) is 2. The molecular weight excluding hydrogens is 372 g/mol. The molecule has 2 aromatic carbocycles. The first-order valence-electron chi connectivity index (χ1n) is 8.15. The molecule has 0 aliphatic carbocycles. The zero-order valence-corrected chi connectivity index (χ0v) is 14.5. The van der Waals surface area contributed by atoms with Gasteiger partial charge in [-0.05, 0) is 48.2 Å². The zero-order chi connectivity index (χ0) is 20.8. The van der Waals surface area contributed by atoms with Crippen LogP contribution in [0.15, 0.2) is 36.4 Å². The summed E-state index contributed by atoms with van der Waals surface area (Å²) in [6.07, 6.45) is -0.189. The number of rotatable bonds is 9. The van der Waals surface area contributed by atoms with Crippen molar-refractivity contribution in [3.63, 3.8) is 0 Å². The second-order valence-electron chi connectivity index (χ2n) is 6.12. The van der Waals surface area contributed by atoms with Gasteiger partial charge in [0.1, 0.15) is 12.1 Å². The van der Waals surface area contributed by atoms with Gasteiger partial charge in [-0.1, -0.05) is 12.1 Å². The van der Waals surface area contributed by atoms with Gasteiger partial charge in [0, 0.05) is 0 Å². The number of benzene rings is 2. The fourth-order valence-corrected chi connectivity index (χ4v) is 2.46. The van der Waals surface area contributed by atoms with E-state index in [2.05, 4.69) is 10.9 Å². The van der Waals surface area contributed by atoms with Crippen molar-refractivity contribution in [3.8, 4) is 23.0 Å². The van der Waals surface area contributed by atoms with E-state index in [4.69, 9.17) is 0 Å². The van der Waals surface area contributed by atoms with E-state index in [1.54, 1.807) is 0 Å². The molecule has 0 saturated heterocycles. The Balaban J connectivity index is 2.05. The van der Waals surface area contributed by atoms with Crippen LogP contribution in [-0.4, -0.2) is 54.7 Å². The Labute approximate surface area is 159 Å². The van der Waals surface area contributed by atoms with Crippen LogP contribution < -0.4 is 10.9 Å². The molecule has 0 aliphatic rings. The summed E-state index contributed by atoms with van der Waals surface area (Å²) in [5.74, 6) is -4.00.